The number of carbonyl (C=O) groups excluding carboxylic acids is 1. The van der Waals surface area contributed by atoms with Crippen LogP contribution in [0.15, 0.2) is 58.6 Å². The van der Waals surface area contributed by atoms with E-state index < -0.39 is 15.3 Å². The minimum absolute atomic E-state index is 0.0458. The Kier molecular flexibility index (Phi) is 5.64. The molecular weight excluding hydrogens is 370 g/mol. The third kappa shape index (κ3) is 4.44. The van der Waals surface area contributed by atoms with Gasteiger partial charge in [0.1, 0.15) is 10.1 Å². The molecule has 3 rings (SSSR count). The highest BCUT2D eigenvalue weighted by molar-refractivity contribution is 8.00. The standard InChI is InChI=1S/C18H21N3O3S2/c1-21(2)26(23,24)15-10-11-16(19-12-15)25-17(13-6-4-3-5-7-13)18(22)20-14-8-9-14/h3-7,10-12,14,17H,8-9H2,1-2H3,(H,20,22). The van der Waals surface area contributed by atoms with Crippen LogP contribution in [-0.2, 0) is 14.8 Å². The number of benzene rings is 1. The fraction of sp³-hybridized carbons (Fsp3) is 0.333. The van der Waals surface area contributed by atoms with Crippen molar-refractivity contribution in [1.82, 2.24) is 14.6 Å². The number of hydrogen-bond donors (Lipinski definition) is 1. The molecule has 138 valence electrons. The molecule has 2 aromatic rings. The van der Waals surface area contributed by atoms with Gasteiger partial charge in [0.2, 0.25) is 15.9 Å². The largest absolute Gasteiger partial charge is 0.352 e. The number of carbonyl (C=O) groups is 1. The Morgan fingerprint density at radius 3 is 2.42 bits per heavy atom. The van der Waals surface area contributed by atoms with Gasteiger partial charge < -0.3 is 5.32 Å². The van der Waals surface area contributed by atoms with E-state index in [1.54, 1.807) is 6.07 Å². The van der Waals surface area contributed by atoms with Gasteiger partial charge in [-0.05, 0) is 30.5 Å². The second kappa shape index (κ2) is 7.77. The van der Waals surface area contributed by atoms with Crippen molar-refractivity contribution in [3.8, 4) is 0 Å². The summed E-state index contributed by atoms with van der Waals surface area (Å²) in [5.74, 6) is -0.0458. The lowest BCUT2D eigenvalue weighted by Gasteiger charge is -2.17. The monoisotopic (exact) mass is 391 g/mol. The maximum Gasteiger partial charge on any atom is 0.244 e. The van der Waals surface area contributed by atoms with Crippen LogP contribution >= 0.6 is 11.8 Å². The topological polar surface area (TPSA) is 79.4 Å². The van der Waals surface area contributed by atoms with E-state index in [-0.39, 0.29) is 16.8 Å². The fourth-order valence-electron chi connectivity index (χ4n) is 2.33. The molecule has 0 spiro atoms. The first-order valence-electron chi connectivity index (χ1n) is 8.28. The van der Waals surface area contributed by atoms with Gasteiger partial charge in [-0.25, -0.2) is 17.7 Å². The zero-order valence-electron chi connectivity index (χ0n) is 14.6. The Hall–Kier alpha value is -1.90. The molecule has 26 heavy (non-hydrogen) atoms. The Morgan fingerprint density at radius 2 is 1.88 bits per heavy atom. The van der Waals surface area contributed by atoms with Gasteiger partial charge in [0.05, 0.1) is 5.03 Å². The number of sulfonamides is 1. The molecule has 0 saturated heterocycles. The lowest BCUT2D eigenvalue weighted by molar-refractivity contribution is -0.120. The highest BCUT2D eigenvalue weighted by Gasteiger charge is 2.29. The minimum Gasteiger partial charge on any atom is -0.352 e. The summed E-state index contributed by atoms with van der Waals surface area (Å²) in [5, 5.41) is 3.20. The van der Waals surface area contributed by atoms with Crippen molar-refractivity contribution in [2.24, 2.45) is 0 Å². The van der Waals surface area contributed by atoms with Crippen LogP contribution in [0.25, 0.3) is 0 Å². The van der Waals surface area contributed by atoms with Gasteiger partial charge in [0, 0.05) is 26.3 Å². The summed E-state index contributed by atoms with van der Waals surface area (Å²) in [7, 11) is -0.560. The predicted octanol–water partition coefficient (Wildman–Crippen LogP) is 2.44. The van der Waals surface area contributed by atoms with E-state index in [9.17, 15) is 13.2 Å². The molecule has 1 aromatic heterocycles. The number of aromatic nitrogens is 1. The third-order valence-corrected chi connectivity index (χ3v) is 6.99. The van der Waals surface area contributed by atoms with Gasteiger partial charge in [-0.3, -0.25) is 4.79 Å². The van der Waals surface area contributed by atoms with Crippen LogP contribution in [0, 0.1) is 0 Å². The molecule has 1 saturated carbocycles. The summed E-state index contributed by atoms with van der Waals surface area (Å²) in [6.45, 7) is 0. The zero-order chi connectivity index (χ0) is 18.7. The molecule has 1 heterocycles. The van der Waals surface area contributed by atoms with Crippen molar-refractivity contribution in [2.45, 2.75) is 34.1 Å². The number of rotatable bonds is 7. The summed E-state index contributed by atoms with van der Waals surface area (Å²) in [5.41, 5.74) is 0.891. The van der Waals surface area contributed by atoms with Crippen LogP contribution in [0.4, 0.5) is 0 Å². The van der Waals surface area contributed by atoms with Crippen LogP contribution in [0.3, 0.4) is 0 Å². The molecule has 1 fully saturated rings. The Morgan fingerprint density at radius 1 is 1.19 bits per heavy atom. The number of pyridine rings is 1. The van der Waals surface area contributed by atoms with Gasteiger partial charge in [0.25, 0.3) is 0 Å². The van der Waals surface area contributed by atoms with E-state index in [0.29, 0.717) is 5.03 Å². The smallest absolute Gasteiger partial charge is 0.244 e. The number of thioether (sulfide) groups is 1. The summed E-state index contributed by atoms with van der Waals surface area (Å²) in [6, 6.07) is 13.0. The average molecular weight is 392 g/mol. The quantitative estimate of drug-likeness (QED) is 0.734. The molecule has 1 aromatic carbocycles. The summed E-state index contributed by atoms with van der Waals surface area (Å²) in [6.07, 6.45) is 3.37. The molecule has 1 atom stereocenters. The molecule has 1 amide bonds. The normalized spacial score (nSPS) is 15.7. The highest BCUT2D eigenvalue weighted by atomic mass is 32.2. The molecular formula is C18H21N3O3S2. The van der Waals surface area contributed by atoms with Gasteiger partial charge >= 0.3 is 0 Å². The van der Waals surface area contributed by atoms with Crippen molar-refractivity contribution in [1.29, 1.82) is 0 Å². The van der Waals surface area contributed by atoms with E-state index in [1.807, 2.05) is 30.3 Å². The van der Waals surface area contributed by atoms with Crippen LogP contribution < -0.4 is 5.32 Å². The molecule has 0 aliphatic heterocycles. The van der Waals surface area contributed by atoms with Gasteiger partial charge in [-0.1, -0.05) is 42.1 Å². The molecule has 1 N–H and O–H groups in total. The van der Waals surface area contributed by atoms with E-state index in [1.165, 1.54) is 38.1 Å². The summed E-state index contributed by atoms with van der Waals surface area (Å²) >= 11 is 1.32. The Bertz CT molecular complexity index is 864. The molecule has 0 bridgehead atoms. The lowest BCUT2D eigenvalue weighted by atomic mass is 10.1. The highest BCUT2D eigenvalue weighted by Crippen LogP contribution is 2.35. The van der Waals surface area contributed by atoms with Gasteiger partial charge in [-0.15, -0.1) is 0 Å². The number of nitrogens with zero attached hydrogens (tertiary/aromatic N) is 2. The number of amides is 1. The summed E-state index contributed by atoms with van der Waals surface area (Å²) < 4.78 is 25.4. The second-order valence-corrected chi connectivity index (χ2v) is 9.59. The molecule has 6 nitrogen and oxygen atoms in total. The molecule has 1 aliphatic rings. The Balaban J connectivity index is 1.81. The Labute approximate surface area is 158 Å². The second-order valence-electron chi connectivity index (χ2n) is 6.31. The van der Waals surface area contributed by atoms with Crippen molar-refractivity contribution >= 4 is 27.7 Å². The third-order valence-electron chi connectivity index (χ3n) is 3.99. The average Bonchev–Trinajstić information content (AvgIpc) is 3.44. The lowest BCUT2D eigenvalue weighted by Crippen LogP contribution is -2.29. The first-order chi connectivity index (χ1) is 12.4. The van der Waals surface area contributed by atoms with Crippen LogP contribution in [0.1, 0.15) is 23.7 Å². The zero-order valence-corrected chi connectivity index (χ0v) is 16.3. The van der Waals surface area contributed by atoms with E-state index in [2.05, 4.69) is 10.3 Å². The molecule has 1 aliphatic carbocycles. The van der Waals surface area contributed by atoms with E-state index in [0.717, 1.165) is 22.7 Å². The van der Waals surface area contributed by atoms with Gasteiger partial charge in [-0.2, -0.15) is 0 Å². The van der Waals surface area contributed by atoms with E-state index in [4.69, 9.17) is 0 Å². The van der Waals surface area contributed by atoms with Crippen molar-refractivity contribution in [3.05, 3.63) is 54.2 Å². The molecule has 1 unspecified atom stereocenters. The number of hydrogen-bond acceptors (Lipinski definition) is 5. The fourth-order valence-corrected chi connectivity index (χ4v) is 4.14. The number of nitrogens with one attached hydrogen (secondary N) is 1. The van der Waals surface area contributed by atoms with Crippen molar-refractivity contribution < 1.29 is 13.2 Å². The first kappa shape index (κ1) is 18.9. The SMILES string of the molecule is CN(C)S(=O)(=O)c1ccc(SC(C(=O)NC2CC2)c2ccccc2)nc1. The van der Waals surface area contributed by atoms with Crippen LogP contribution in [-0.4, -0.2) is 43.8 Å². The van der Waals surface area contributed by atoms with E-state index >= 15 is 0 Å². The first-order valence-corrected chi connectivity index (χ1v) is 10.6. The maximum atomic E-state index is 12.7. The minimum atomic E-state index is -3.52. The summed E-state index contributed by atoms with van der Waals surface area (Å²) in [4.78, 5) is 17.0. The van der Waals surface area contributed by atoms with Crippen molar-refractivity contribution in [3.63, 3.8) is 0 Å². The van der Waals surface area contributed by atoms with Crippen LogP contribution in [0.5, 0.6) is 0 Å². The molecule has 8 heteroatoms. The van der Waals surface area contributed by atoms with Crippen LogP contribution in [0.2, 0.25) is 0 Å². The maximum absolute atomic E-state index is 12.7. The van der Waals surface area contributed by atoms with Crippen molar-refractivity contribution in [2.75, 3.05) is 14.1 Å². The molecule has 0 radical (unpaired) electrons. The van der Waals surface area contributed by atoms with Gasteiger partial charge in [0.15, 0.2) is 0 Å². The predicted molar refractivity (Wildman–Crippen MR) is 101 cm³/mol.